The van der Waals surface area contributed by atoms with Crippen LogP contribution >= 0.6 is 0 Å². The smallest absolute Gasteiger partial charge is 0.265 e. The van der Waals surface area contributed by atoms with Gasteiger partial charge in [-0.05, 0) is 43.5 Å². The van der Waals surface area contributed by atoms with Gasteiger partial charge in [0, 0.05) is 19.2 Å². The Labute approximate surface area is 165 Å². The lowest BCUT2D eigenvalue weighted by atomic mass is 10.1. The van der Waals surface area contributed by atoms with Gasteiger partial charge in [-0.25, -0.2) is 8.42 Å². The molecule has 2 aromatic carbocycles. The average molecular weight is 404 g/mol. The number of anilines is 1. The van der Waals surface area contributed by atoms with Crippen molar-refractivity contribution in [3.8, 4) is 11.5 Å². The molecular weight excluding hydrogens is 380 g/mol. The number of carbonyl (C=O) groups excluding carboxylic acids is 1. The normalized spacial score (nSPS) is 14.4. The van der Waals surface area contributed by atoms with E-state index in [0.29, 0.717) is 24.4 Å². The number of nitrogens with one attached hydrogen (secondary N) is 1. The number of ether oxygens (including phenoxy) is 2. The lowest BCUT2D eigenvalue weighted by Crippen LogP contribution is -2.36. The number of para-hydroxylation sites is 1. The summed E-state index contributed by atoms with van der Waals surface area (Å²) in [7, 11) is -1.15. The minimum Gasteiger partial charge on any atom is -0.497 e. The van der Waals surface area contributed by atoms with E-state index >= 15 is 0 Å². The van der Waals surface area contributed by atoms with Crippen LogP contribution in [0.15, 0.2) is 47.4 Å². The molecule has 28 heavy (non-hydrogen) atoms. The topological polar surface area (TPSA) is 84.9 Å². The molecule has 3 rings (SSSR count). The van der Waals surface area contributed by atoms with E-state index in [4.69, 9.17) is 9.47 Å². The van der Waals surface area contributed by atoms with Crippen molar-refractivity contribution >= 4 is 21.6 Å². The second kappa shape index (κ2) is 8.52. The molecule has 1 fully saturated rings. The van der Waals surface area contributed by atoms with Gasteiger partial charge in [-0.3, -0.25) is 9.52 Å². The summed E-state index contributed by atoms with van der Waals surface area (Å²) in [6.45, 7) is 1.37. The summed E-state index contributed by atoms with van der Waals surface area (Å²) in [4.78, 5) is 14.6. The zero-order chi connectivity index (χ0) is 20.1. The zero-order valence-electron chi connectivity index (χ0n) is 16.0. The van der Waals surface area contributed by atoms with Crippen molar-refractivity contribution in [3.63, 3.8) is 0 Å². The number of benzene rings is 2. The predicted molar refractivity (Wildman–Crippen MR) is 107 cm³/mol. The molecule has 0 radical (unpaired) electrons. The van der Waals surface area contributed by atoms with Crippen molar-refractivity contribution in [1.29, 1.82) is 0 Å². The zero-order valence-corrected chi connectivity index (χ0v) is 16.8. The molecule has 1 N–H and O–H groups in total. The van der Waals surface area contributed by atoms with Crippen LogP contribution in [0.25, 0.3) is 0 Å². The van der Waals surface area contributed by atoms with E-state index in [1.807, 2.05) is 0 Å². The summed E-state index contributed by atoms with van der Waals surface area (Å²) in [5.74, 6) is 0.405. The quantitative estimate of drug-likeness (QED) is 0.800. The number of piperidine rings is 1. The van der Waals surface area contributed by atoms with Crippen molar-refractivity contribution < 1.29 is 22.7 Å². The van der Waals surface area contributed by atoms with Crippen molar-refractivity contribution in [2.75, 3.05) is 32.0 Å². The van der Waals surface area contributed by atoms with Crippen LogP contribution in [0.5, 0.6) is 11.5 Å². The highest BCUT2D eigenvalue weighted by Gasteiger charge is 2.25. The Balaban J connectivity index is 1.94. The molecule has 0 atom stereocenters. The Kier molecular flexibility index (Phi) is 6.08. The van der Waals surface area contributed by atoms with Gasteiger partial charge in [0.25, 0.3) is 15.9 Å². The van der Waals surface area contributed by atoms with Gasteiger partial charge in [-0.15, -0.1) is 0 Å². The molecule has 150 valence electrons. The van der Waals surface area contributed by atoms with Crippen molar-refractivity contribution in [1.82, 2.24) is 4.90 Å². The summed E-state index contributed by atoms with van der Waals surface area (Å²) >= 11 is 0. The number of methoxy groups -OCH3 is 2. The lowest BCUT2D eigenvalue weighted by molar-refractivity contribution is 0.0725. The molecule has 1 aliphatic rings. The molecule has 0 saturated carbocycles. The van der Waals surface area contributed by atoms with Gasteiger partial charge in [0.05, 0.1) is 25.5 Å². The van der Waals surface area contributed by atoms with Crippen LogP contribution < -0.4 is 14.2 Å². The van der Waals surface area contributed by atoms with Gasteiger partial charge < -0.3 is 14.4 Å². The van der Waals surface area contributed by atoms with E-state index in [1.54, 1.807) is 35.2 Å². The fourth-order valence-electron chi connectivity index (χ4n) is 3.22. The maximum atomic E-state index is 13.0. The van der Waals surface area contributed by atoms with Crippen LogP contribution in [0.1, 0.15) is 29.6 Å². The maximum Gasteiger partial charge on any atom is 0.265 e. The molecule has 2 aromatic rings. The number of hydrogen-bond donors (Lipinski definition) is 1. The first-order valence-electron chi connectivity index (χ1n) is 9.09. The van der Waals surface area contributed by atoms with Gasteiger partial charge in [-0.1, -0.05) is 12.1 Å². The van der Waals surface area contributed by atoms with Crippen LogP contribution in [0.2, 0.25) is 0 Å². The number of sulfonamides is 1. The van der Waals surface area contributed by atoms with E-state index in [0.717, 1.165) is 19.3 Å². The first kappa shape index (κ1) is 20.0. The molecule has 8 heteroatoms. The maximum absolute atomic E-state index is 13.0. The number of likely N-dealkylation sites (tertiary alicyclic amines) is 1. The first-order valence-corrected chi connectivity index (χ1v) is 10.6. The average Bonchev–Trinajstić information content (AvgIpc) is 2.73. The molecule has 0 unspecified atom stereocenters. The second-order valence-electron chi connectivity index (χ2n) is 6.52. The number of rotatable bonds is 6. The summed E-state index contributed by atoms with van der Waals surface area (Å²) in [6, 6.07) is 11.2. The molecule has 0 bridgehead atoms. The predicted octanol–water partition coefficient (Wildman–Crippen LogP) is 3.13. The van der Waals surface area contributed by atoms with Gasteiger partial charge in [0.15, 0.2) is 0 Å². The summed E-state index contributed by atoms with van der Waals surface area (Å²) < 4.78 is 38.9. The van der Waals surface area contributed by atoms with Crippen molar-refractivity contribution in [2.45, 2.75) is 24.2 Å². The third kappa shape index (κ3) is 4.22. The third-order valence-electron chi connectivity index (χ3n) is 4.71. The Morgan fingerprint density at radius 3 is 2.39 bits per heavy atom. The fourth-order valence-corrected chi connectivity index (χ4v) is 4.48. The second-order valence-corrected chi connectivity index (χ2v) is 8.17. The van der Waals surface area contributed by atoms with E-state index in [-0.39, 0.29) is 22.2 Å². The van der Waals surface area contributed by atoms with Crippen LogP contribution in [0.3, 0.4) is 0 Å². The van der Waals surface area contributed by atoms with Crippen molar-refractivity contribution in [2.24, 2.45) is 0 Å². The monoisotopic (exact) mass is 404 g/mol. The highest BCUT2D eigenvalue weighted by atomic mass is 32.2. The molecule has 7 nitrogen and oxygen atoms in total. The minimum absolute atomic E-state index is 0.0606. The number of carbonyl (C=O) groups is 1. The Morgan fingerprint density at radius 1 is 1.00 bits per heavy atom. The largest absolute Gasteiger partial charge is 0.497 e. The summed E-state index contributed by atoms with van der Waals surface area (Å²) in [5, 5.41) is 0. The van der Waals surface area contributed by atoms with Crippen LogP contribution in [0.4, 0.5) is 5.69 Å². The number of hydrogen-bond acceptors (Lipinski definition) is 5. The molecule has 0 aromatic heterocycles. The molecular formula is C20H24N2O5S. The van der Waals surface area contributed by atoms with Crippen LogP contribution in [-0.2, 0) is 10.0 Å². The highest BCUT2D eigenvalue weighted by molar-refractivity contribution is 7.92. The molecule has 1 saturated heterocycles. The van der Waals surface area contributed by atoms with Crippen LogP contribution in [0, 0.1) is 0 Å². The number of nitrogens with zero attached hydrogens (tertiary/aromatic N) is 1. The van der Waals surface area contributed by atoms with Gasteiger partial charge in [0.1, 0.15) is 16.4 Å². The highest BCUT2D eigenvalue weighted by Crippen LogP contribution is 2.31. The lowest BCUT2D eigenvalue weighted by Gasteiger charge is -2.27. The summed E-state index contributed by atoms with van der Waals surface area (Å²) in [6.07, 6.45) is 3.02. The van der Waals surface area contributed by atoms with Gasteiger partial charge >= 0.3 is 0 Å². The van der Waals surface area contributed by atoms with Gasteiger partial charge in [-0.2, -0.15) is 0 Å². The fraction of sp³-hybridized carbons (Fsp3) is 0.350. The minimum atomic E-state index is -4.00. The van der Waals surface area contributed by atoms with Crippen molar-refractivity contribution in [3.05, 3.63) is 48.0 Å². The SMILES string of the molecule is COc1ccc(OC)c(S(=O)(=O)Nc2ccccc2C(=O)N2CCCCC2)c1. The molecule has 0 spiro atoms. The Hall–Kier alpha value is -2.74. The number of amides is 1. The third-order valence-corrected chi connectivity index (χ3v) is 6.09. The van der Waals surface area contributed by atoms with E-state index in [2.05, 4.69) is 4.72 Å². The first-order chi connectivity index (χ1) is 13.5. The van der Waals surface area contributed by atoms with E-state index in [1.165, 1.54) is 26.4 Å². The molecule has 0 aliphatic carbocycles. The molecule has 1 heterocycles. The Bertz CT molecular complexity index is 953. The van der Waals surface area contributed by atoms with E-state index < -0.39 is 10.0 Å². The van der Waals surface area contributed by atoms with Crippen LogP contribution in [-0.4, -0.2) is 46.5 Å². The van der Waals surface area contributed by atoms with E-state index in [9.17, 15) is 13.2 Å². The standard InChI is InChI=1S/C20H24N2O5S/c1-26-15-10-11-18(27-2)19(14-15)28(24,25)21-17-9-5-4-8-16(17)20(23)22-12-6-3-7-13-22/h4-5,8-11,14,21H,3,6-7,12-13H2,1-2H3. The Morgan fingerprint density at radius 2 is 1.71 bits per heavy atom. The molecule has 1 aliphatic heterocycles. The van der Waals surface area contributed by atoms with Gasteiger partial charge in [0.2, 0.25) is 0 Å². The molecule has 1 amide bonds. The summed E-state index contributed by atoms with van der Waals surface area (Å²) in [5.41, 5.74) is 0.567.